The third-order valence-corrected chi connectivity index (χ3v) is 2.66. The van der Waals surface area contributed by atoms with E-state index in [4.69, 9.17) is 10.5 Å². The first kappa shape index (κ1) is 12.0. The average molecular weight is 200 g/mol. The molecule has 14 heavy (non-hydrogen) atoms. The van der Waals surface area contributed by atoms with Gasteiger partial charge in [-0.1, -0.05) is 20.8 Å². The number of hydrogen-bond acceptors (Lipinski definition) is 3. The molecule has 0 aromatic heterocycles. The lowest BCUT2D eigenvalue weighted by Crippen LogP contribution is -2.46. The largest absolute Gasteiger partial charge is 0.374 e. The summed E-state index contributed by atoms with van der Waals surface area (Å²) < 4.78 is 5.52. The van der Waals surface area contributed by atoms with Gasteiger partial charge in [-0.25, -0.2) is 0 Å². The summed E-state index contributed by atoms with van der Waals surface area (Å²) in [5, 5.41) is 0. The summed E-state index contributed by atoms with van der Waals surface area (Å²) in [6.45, 7) is 11.6. The van der Waals surface area contributed by atoms with Crippen molar-refractivity contribution in [1.82, 2.24) is 4.90 Å². The standard InChI is InChI=1S/C11H24N2O/c1-11(2,3)4-5-13-6-7-14-10(8-12)9-13/h10H,4-9,12H2,1-3H3. The van der Waals surface area contributed by atoms with Crippen molar-refractivity contribution in [2.45, 2.75) is 33.3 Å². The monoisotopic (exact) mass is 200 g/mol. The molecule has 1 heterocycles. The highest BCUT2D eigenvalue weighted by Gasteiger charge is 2.20. The van der Waals surface area contributed by atoms with Crippen LogP contribution in [-0.4, -0.2) is 43.8 Å². The minimum Gasteiger partial charge on any atom is -0.374 e. The SMILES string of the molecule is CC(C)(C)CCN1CCOC(CN)C1. The molecule has 0 saturated carbocycles. The molecule has 0 bridgehead atoms. The number of nitrogens with two attached hydrogens (primary N) is 1. The predicted molar refractivity (Wildman–Crippen MR) is 59.3 cm³/mol. The molecule has 0 amide bonds. The molecule has 0 aromatic carbocycles. The summed E-state index contributed by atoms with van der Waals surface area (Å²) in [5.41, 5.74) is 6.02. The van der Waals surface area contributed by atoms with Gasteiger partial charge in [0.2, 0.25) is 0 Å². The molecule has 0 aliphatic carbocycles. The van der Waals surface area contributed by atoms with Crippen molar-refractivity contribution in [2.75, 3.05) is 32.8 Å². The molecule has 0 radical (unpaired) electrons. The van der Waals surface area contributed by atoms with Gasteiger partial charge in [-0.2, -0.15) is 0 Å². The summed E-state index contributed by atoms with van der Waals surface area (Å²) in [4.78, 5) is 2.46. The Hall–Kier alpha value is -0.120. The maximum Gasteiger partial charge on any atom is 0.0824 e. The highest BCUT2D eigenvalue weighted by atomic mass is 16.5. The van der Waals surface area contributed by atoms with Crippen LogP contribution in [-0.2, 0) is 4.74 Å². The predicted octanol–water partition coefficient (Wildman–Crippen LogP) is 1.08. The van der Waals surface area contributed by atoms with Crippen LogP contribution in [0, 0.1) is 5.41 Å². The van der Waals surface area contributed by atoms with Crippen LogP contribution < -0.4 is 5.73 Å². The average Bonchev–Trinajstić information content (AvgIpc) is 2.14. The fourth-order valence-corrected chi connectivity index (χ4v) is 1.62. The normalized spacial score (nSPS) is 25.3. The van der Waals surface area contributed by atoms with E-state index < -0.39 is 0 Å². The second kappa shape index (κ2) is 5.10. The van der Waals surface area contributed by atoms with Crippen molar-refractivity contribution in [3.05, 3.63) is 0 Å². The number of ether oxygens (including phenoxy) is 1. The van der Waals surface area contributed by atoms with E-state index in [1.807, 2.05) is 0 Å². The van der Waals surface area contributed by atoms with Crippen LogP contribution in [0.3, 0.4) is 0 Å². The van der Waals surface area contributed by atoms with E-state index in [2.05, 4.69) is 25.7 Å². The highest BCUT2D eigenvalue weighted by Crippen LogP contribution is 2.19. The van der Waals surface area contributed by atoms with Gasteiger partial charge in [-0.3, -0.25) is 4.90 Å². The van der Waals surface area contributed by atoms with Gasteiger partial charge >= 0.3 is 0 Å². The third kappa shape index (κ3) is 4.40. The molecular formula is C11H24N2O. The number of nitrogens with zero attached hydrogens (tertiary/aromatic N) is 1. The van der Waals surface area contributed by atoms with Crippen LogP contribution in [0.15, 0.2) is 0 Å². The minimum atomic E-state index is 0.253. The van der Waals surface area contributed by atoms with E-state index in [1.165, 1.54) is 13.0 Å². The molecular weight excluding hydrogens is 176 g/mol. The van der Waals surface area contributed by atoms with E-state index in [1.54, 1.807) is 0 Å². The molecule has 1 unspecified atom stereocenters. The maximum absolute atomic E-state index is 5.60. The fourth-order valence-electron chi connectivity index (χ4n) is 1.62. The van der Waals surface area contributed by atoms with Crippen molar-refractivity contribution < 1.29 is 4.74 Å². The van der Waals surface area contributed by atoms with Gasteiger partial charge in [0.05, 0.1) is 12.7 Å². The van der Waals surface area contributed by atoms with E-state index in [0.29, 0.717) is 12.0 Å². The first-order chi connectivity index (χ1) is 6.51. The Labute approximate surface area is 87.6 Å². The number of morpholine rings is 1. The summed E-state index contributed by atoms with van der Waals surface area (Å²) in [7, 11) is 0. The van der Waals surface area contributed by atoms with Gasteiger partial charge in [-0.15, -0.1) is 0 Å². The molecule has 0 aromatic rings. The first-order valence-electron chi connectivity index (χ1n) is 5.55. The van der Waals surface area contributed by atoms with Gasteiger partial charge in [0, 0.05) is 19.6 Å². The zero-order chi connectivity index (χ0) is 10.6. The summed E-state index contributed by atoms with van der Waals surface area (Å²) in [6.07, 6.45) is 1.49. The lowest BCUT2D eigenvalue weighted by atomic mass is 9.92. The minimum absolute atomic E-state index is 0.253. The lowest BCUT2D eigenvalue weighted by molar-refractivity contribution is -0.0257. The van der Waals surface area contributed by atoms with E-state index >= 15 is 0 Å². The molecule has 84 valence electrons. The van der Waals surface area contributed by atoms with Crippen LogP contribution >= 0.6 is 0 Å². The molecule has 3 heteroatoms. The van der Waals surface area contributed by atoms with E-state index in [9.17, 15) is 0 Å². The second-order valence-electron chi connectivity index (χ2n) is 5.34. The van der Waals surface area contributed by atoms with Crippen LogP contribution in [0.4, 0.5) is 0 Å². The van der Waals surface area contributed by atoms with Crippen LogP contribution in [0.2, 0.25) is 0 Å². The topological polar surface area (TPSA) is 38.5 Å². The summed E-state index contributed by atoms with van der Waals surface area (Å²) >= 11 is 0. The molecule has 1 saturated heterocycles. The van der Waals surface area contributed by atoms with Gasteiger partial charge in [-0.05, 0) is 18.4 Å². The van der Waals surface area contributed by atoms with E-state index in [0.717, 1.165) is 19.7 Å². The van der Waals surface area contributed by atoms with Crippen LogP contribution in [0.25, 0.3) is 0 Å². The van der Waals surface area contributed by atoms with Gasteiger partial charge in [0.1, 0.15) is 0 Å². The fraction of sp³-hybridized carbons (Fsp3) is 1.00. The highest BCUT2D eigenvalue weighted by molar-refractivity contribution is 4.73. The van der Waals surface area contributed by atoms with Crippen molar-refractivity contribution in [1.29, 1.82) is 0 Å². The summed E-state index contributed by atoms with van der Waals surface area (Å²) in [5.74, 6) is 0. The Kier molecular flexibility index (Phi) is 4.35. The molecule has 1 aliphatic heterocycles. The lowest BCUT2D eigenvalue weighted by Gasteiger charge is -2.33. The second-order valence-corrected chi connectivity index (χ2v) is 5.34. The van der Waals surface area contributed by atoms with Gasteiger partial charge < -0.3 is 10.5 Å². The van der Waals surface area contributed by atoms with Crippen molar-refractivity contribution >= 4 is 0 Å². The Bertz CT molecular complexity index is 165. The molecule has 3 nitrogen and oxygen atoms in total. The van der Waals surface area contributed by atoms with E-state index in [-0.39, 0.29) is 6.10 Å². The smallest absolute Gasteiger partial charge is 0.0824 e. The Morgan fingerprint density at radius 2 is 2.14 bits per heavy atom. The first-order valence-corrected chi connectivity index (χ1v) is 5.55. The zero-order valence-electron chi connectivity index (χ0n) is 9.75. The van der Waals surface area contributed by atoms with Crippen molar-refractivity contribution in [2.24, 2.45) is 11.1 Å². The van der Waals surface area contributed by atoms with Crippen LogP contribution in [0.1, 0.15) is 27.2 Å². The third-order valence-electron chi connectivity index (χ3n) is 2.66. The maximum atomic E-state index is 5.60. The Balaban J connectivity index is 2.24. The molecule has 1 rings (SSSR count). The zero-order valence-corrected chi connectivity index (χ0v) is 9.75. The molecule has 0 spiro atoms. The number of hydrogen-bond donors (Lipinski definition) is 1. The molecule has 1 aliphatic rings. The quantitative estimate of drug-likeness (QED) is 0.741. The molecule has 2 N–H and O–H groups in total. The van der Waals surface area contributed by atoms with Crippen LogP contribution in [0.5, 0.6) is 0 Å². The van der Waals surface area contributed by atoms with Gasteiger partial charge in [0.15, 0.2) is 0 Å². The molecule has 1 fully saturated rings. The molecule has 1 atom stereocenters. The van der Waals surface area contributed by atoms with Gasteiger partial charge in [0.25, 0.3) is 0 Å². The summed E-state index contributed by atoms with van der Waals surface area (Å²) in [6, 6.07) is 0. The number of rotatable bonds is 3. The Morgan fingerprint density at radius 1 is 1.43 bits per heavy atom. The van der Waals surface area contributed by atoms with Crippen molar-refractivity contribution in [3.8, 4) is 0 Å². The Morgan fingerprint density at radius 3 is 2.71 bits per heavy atom. The van der Waals surface area contributed by atoms with Crippen molar-refractivity contribution in [3.63, 3.8) is 0 Å².